The maximum Gasteiger partial charge on any atom is 0.224 e. The van der Waals surface area contributed by atoms with Crippen molar-refractivity contribution in [2.75, 3.05) is 18.4 Å². The average molecular weight is 309 g/mol. The van der Waals surface area contributed by atoms with E-state index in [0.717, 1.165) is 38.1 Å². The first kappa shape index (κ1) is 16.8. The number of hydrogen-bond acceptors (Lipinski definition) is 2. The molecule has 2 N–H and O–H groups in total. The molecule has 0 aliphatic carbocycles. The Kier molecular flexibility index (Phi) is 6.29. The minimum absolute atomic E-state index is 0. The summed E-state index contributed by atoms with van der Waals surface area (Å²) in [7, 11) is 0. The smallest absolute Gasteiger partial charge is 0.224 e. The highest BCUT2D eigenvalue weighted by Crippen LogP contribution is 2.19. The van der Waals surface area contributed by atoms with Crippen molar-refractivity contribution in [3.8, 4) is 0 Å². The Morgan fingerprint density at radius 3 is 2.50 bits per heavy atom. The summed E-state index contributed by atoms with van der Waals surface area (Å²) in [5.41, 5.74) is -0.0639. The SMILES string of the molecule is Cl.O=C(CCC1CCNC1)Nc1cc(F)c(F)c(F)c1. The lowest BCUT2D eigenvalue weighted by Crippen LogP contribution is -2.15. The summed E-state index contributed by atoms with van der Waals surface area (Å²) in [4.78, 5) is 11.6. The van der Waals surface area contributed by atoms with Gasteiger partial charge in [0.2, 0.25) is 5.91 Å². The van der Waals surface area contributed by atoms with Crippen molar-refractivity contribution >= 4 is 24.0 Å². The van der Waals surface area contributed by atoms with Gasteiger partial charge in [-0.3, -0.25) is 4.79 Å². The van der Waals surface area contributed by atoms with Crippen molar-refractivity contribution < 1.29 is 18.0 Å². The summed E-state index contributed by atoms with van der Waals surface area (Å²) < 4.78 is 38.6. The first-order valence-electron chi connectivity index (χ1n) is 6.21. The van der Waals surface area contributed by atoms with Crippen LogP contribution in [0.25, 0.3) is 0 Å². The van der Waals surface area contributed by atoms with Crippen LogP contribution in [0.2, 0.25) is 0 Å². The molecule has 1 atom stereocenters. The maximum absolute atomic E-state index is 12.9. The molecule has 2 rings (SSSR count). The van der Waals surface area contributed by atoms with E-state index < -0.39 is 17.5 Å². The van der Waals surface area contributed by atoms with Gasteiger partial charge in [-0.1, -0.05) is 0 Å². The third-order valence-electron chi connectivity index (χ3n) is 3.21. The molecule has 0 radical (unpaired) electrons. The van der Waals surface area contributed by atoms with Crippen LogP contribution in [0.4, 0.5) is 18.9 Å². The van der Waals surface area contributed by atoms with E-state index in [1.165, 1.54) is 0 Å². The molecule has 0 bridgehead atoms. The quantitative estimate of drug-likeness (QED) is 0.840. The molecule has 1 aromatic rings. The molecule has 1 aromatic carbocycles. The molecule has 1 heterocycles. The van der Waals surface area contributed by atoms with E-state index in [2.05, 4.69) is 10.6 Å². The number of carbonyl (C=O) groups excluding carboxylic acids is 1. The molecule has 1 saturated heterocycles. The van der Waals surface area contributed by atoms with Crippen molar-refractivity contribution in [3.05, 3.63) is 29.6 Å². The zero-order valence-corrected chi connectivity index (χ0v) is 11.5. The minimum Gasteiger partial charge on any atom is -0.326 e. The van der Waals surface area contributed by atoms with E-state index in [1.54, 1.807) is 0 Å². The van der Waals surface area contributed by atoms with E-state index >= 15 is 0 Å². The molecular formula is C13H16ClF3N2O. The summed E-state index contributed by atoms with van der Waals surface area (Å²) in [6.45, 7) is 1.85. The van der Waals surface area contributed by atoms with Crippen LogP contribution in [0.1, 0.15) is 19.3 Å². The highest BCUT2D eigenvalue weighted by molar-refractivity contribution is 5.90. The van der Waals surface area contributed by atoms with Gasteiger partial charge in [-0.2, -0.15) is 0 Å². The highest BCUT2D eigenvalue weighted by Gasteiger charge is 2.16. The molecule has 1 unspecified atom stereocenters. The molecule has 1 aliphatic rings. The third-order valence-corrected chi connectivity index (χ3v) is 3.21. The Labute approximate surface area is 121 Å². The lowest BCUT2D eigenvalue weighted by molar-refractivity contribution is -0.116. The summed E-state index contributed by atoms with van der Waals surface area (Å²) >= 11 is 0. The van der Waals surface area contributed by atoms with Crippen molar-refractivity contribution in [1.29, 1.82) is 0 Å². The highest BCUT2D eigenvalue weighted by atomic mass is 35.5. The number of nitrogens with one attached hydrogen (secondary N) is 2. The van der Waals surface area contributed by atoms with Crippen LogP contribution in [0.3, 0.4) is 0 Å². The lowest BCUT2D eigenvalue weighted by Gasteiger charge is -2.09. The van der Waals surface area contributed by atoms with Gasteiger partial charge in [0.05, 0.1) is 0 Å². The van der Waals surface area contributed by atoms with E-state index in [9.17, 15) is 18.0 Å². The Bertz CT molecular complexity index is 456. The number of benzene rings is 1. The average Bonchev–Trinajstić information content (AvgIpc) is 2.86. The summed E-state index contributed by atoms with van der Waals surface area (Å²) in [5, 5.41) is 5.56. The Balaban J connectivity index is 0.00000200. The van der Waals surface area contributed by atoms with Gasteiger partial charge in [0, 0.05) is 24.2 Å². The van der Waals surface area contributed by atoms with Crippen molar-refractivity contribution in [2.45, 2.75) is 19.3 Å². The predicted octanol–water partition coefficient (Wildman–Crippen LogP) is 2.85. The first-order chi connectivity index (χ1) is 9.06. The van der Waals surface area contributed by atoms with E-state index in [0.29, 0.717) is 5.92 Å². The van der Waals surface area contributed by atoms with Crippen molar-refractivity contribution in [1.82, 2.24) is 5.32 Å². The van der Waals surface area contributed by atoms with Gasteiger partial charge in [0.1, 0.15) is 0 Å². The fourth-order valence-electron chi connectivity index (χ4n) is 2.15. The Morgan fingerprint density at radius 2 is 1.95 bits per heavy atom. The number of amides is 1. The van der Waals surface area contributed by atoms with Gasteiger partial charge >= 0.3 is 0 Å². The molecular weight excluding hydrogens is 293 g/mol. The van der Waals surface area contributed by atoms with Gasteiger partial charge in [-0.05, 0) is 31.8 Å². The second-order valence-electron chi connectivity index (χ2n) is 4.70. The van der Waals surface area contributed by atoms with Crippen LogP contribution in [0, 0.1) is 23.4 Å². The van der Waals surface area contributed by atoms with E-state index in [-0.39, 0.29) is 30.4 Å². The fourth-order valence-corrected chi connectivity index (χ4v) is 2.15. The summed E-state index contributed by atoms with van der Waals surface area (Å²) in [6, 6.07) is 1.54. The molecule has 0 saturated carbocycles. The zero-order valence-electron chi connectivity index (χ0n) is 10.7. The van der Waals surface area contributed by atoms with Gasteiger partial charge in [-0.15, -0.1) is 12.4 Å². The molecule has 1 aliphatic heterocycles. The van der Waals surface area contributed by atoms with Crippen molar-refractivity contribution in [2.24, 2.45) is 5.92 Å². The molecule has 0 spiro atoms. The molecule has 1 fully saturated rings. The monoisotopic (exact) mass is 308 g/mol. The van der Waals surface area contributed by atoms with Crippen LogP contribution in [0.5, 0.6) is 0 Å². The second-order valence-corrected chi connectivity index (χ2v) is 4.70. The van der Waals surface area contributed by atoms with E-state index in [1.807, 2.05) is 0 Å². The van der Waals surface area contributed by atoms with E-state index in [4.69, 9.17) is 0 Å². The Hall–Kier alpha value is -1.27. The predicted molar refractivity (Wildman–Crippen MR) is 72.4 cm³/mol. The largest absolute Gasteiger partial charge is 0.326 e. The number of carbonyl (C=O) groups is 1. The number of anilines is 1. The van der Waals surface area contributed by atoms with Crippen LogP contribution < -0.4 is 10.6 Å². The van der Waals surface area contributed by atoms with Crippen LogP contribution >= 0.6 is 12.4 Å². The number of rotatable bonds is 4. The normalized spacial score (nSPS) is 17.6. The maximum atomic E-state index is 12.9. The standard InChI is InChI=1S/C13H15F3N2O.ClH/c14-10-5-9(6-11(15)13(10)16)18-12(19)2-1-8-3-4-17-7-8;/h5-6,8,17H,1-4,7H2,(H,18,19);1H. The molecule has 112 valence electrons. The van der Waals surface area contributed by atoms with Crippen LogP contribution in [0.15, 0.2) is 12.1 Å². The summed E-state index contributed by atoms with van der Waals surface area (Å²) in [6.07, 6.45) is 2.05. The van der Waals surface area contributed by atoms with Gasteiger partial charge in [0.25, 0.3) is 0 Å². The van der Waals surface area contributed by atoms with Gasteiger partial charge in [0.15, 0.2) is 17.5 Å². The molecule has 1 amide bonds. The van der Waals surface area contributed by atoms with Gasteiger partial charge in [-0.25, -0.2) is 13.2 Å². The second kappa shape index (κ2) is 7.50. The van der Waals surface area contributed by atoms with Crippen LogP contribution in [-0.2, 0) is 4.79 Å². The third kappa shape index (κ3) is 4.38. The lowest BCUT2D eigenvalue weighted by atomic mass is 10.0. The summed E-state index contributed by atoms with van der Waals surface area (Å²) in [5.74, 6) is -4.01. The molecule has 0 aromatic heterocycles. The molecule has 7 heteroatoms. The topological polar surface area (TPSA) is 41.1 Å². The van der Waals surface area contributed by atoms with Crippen molar-refractivity contribution in [3.63, 3.8) is 0 Å². The van der Waals surface area contributed by atoms with Gasteiger partial charge < -0.3 is 10.6 Å². The zero-order chi connectivity index (χ0) is 13.8. The first-order valence-corrected chi connectivity index (χ1v) is 6.21. The number of halogens is 4. The fraction of sp³-hybridized carbons (Fsp3) is 0.462. The Morgan fingerprint density at radius 1 is 1.30 bits per heavy atom. The van der Waals surface area contributed by atoms with Crippen LogP contribution in [-0.4, -0.2) is 19.0 Å². The molecule has 3 nitrogen and oxygen atoms in total. The number of hydrogen-bond donors (Lipinski definition) is 2. The molecule has 20 heavy (non-hydrogen) atoms. The minimum atomic E-state index is -1.53.